The minimum absolute atomic E-state index is 0.0194. The zero-order valence-electron chi connectivity index (χ0n) is 11.5. The Bertz CT molecular complexity index is 422. The van der Waals surface area contributed by atoms with E-state index in [0.29, 0.717) is 25.7 Å². The Hall–Kier alpha value is -1.14. The first-order valence-electron chi connectivity index (χ1n) is 7.18. The van der Waals surface area contributed by atoms with Gasteiger partial charge in [-0.15, -0.1) is 0 Å². The Balaban J connectivity index is 1.99. The Morgan fingerprint density at radius 3 is 1.55 bits per heavy atom. The number of hydrogen-bond acceptors (Lipinski definition) is 4. The molecule has 0 unspecified atom stereocenters. The summed E-state index contributed by atoms with van der Waals surface area (Å²) in [5.41, 5.74) is 11.5. The summed E-state index contributed by atoms with van der Waals surface area (Å²) in [6.45, 7) is 0. The first kappa shape index (κ1) is 13.8. The molecular formula is C14H22N2O4. The molecule has 4 saturated carbocycles. The minimum atomic E-state index is -0.920. The van der Waals surface area contributed by atoms with Crippen LogP contribution in [0, 0.1) is 17.3 Å². The quantitative estimate of drug-likeness (QED) is 0.596. The van der Waals surface area contributed by atoms with Crippen molar-refractivity contribution in [3.05, 3.63) is 0 Å². The van der Waals surface area contributed by atoms with Crippen LogP contribution in [-0.2, 0) is 9.59 Å². The van der Waals surface area contributed by atoms with Gasteiger partial charge < -0.3 is 21.7 Å². The molecule has 20 heavy (non-hydrogen) atoms. The fourth-order valence-electron chi connectivity index (χ4n) is 5.61. The highest BCUT2D eigenvalue weighted by atomic mass is 16.4. The molecule has 0 aromatic heterocycles. The Morgan fingerprint density at radius 1 is 0.900 bits per heavy atom. The molecule has 6 N–H and O–H groups in total. The van der Waals surface area contributed by atoms with Gasteiger partial charge in [0.05, 0.1) is 12.8 Å². The summed E-state index contributed by atoms with van der Waals surface area (Å²) < 4.78 is 0. The molecule has 4 fully saturated rings. The van der Waals surface area contributed by atoms with E-state index in [0.717, 1.165) is 6.42 Å². The predicted molar refractivity (Wildman–Crippen MR) is 70.8 cm³/mol. The van der Waals surface area contributed by atoms with Crippen molar-refractivity contribution in [3.8, 4) is 0 Å². The van der Waals surface area contributed by atoms with Crippen LogP contribution < -0.4 is 11.5 Å². The first-order chi connectivity index (χ1) is 9.16. The lowest BCUT2D eigenvalue weighted by atomic mass is 9.40. The molecule has 0 aromatic rings. The monoisotopic (exact) mass is 282 g/mol. The normalized spacial score (nSPS) is 44.5. The van der Waals surface area contributed by atoms with Crippen molar-refractivity contribution >= 4 is 11.9 Å². The summed E-state index contributed by atoms with van der Waals surface area (Å²) in [6.07, 6.45) is 3.46. The molecule has 4 aliphatic rings. The SMILES string of the molecule is NC12CC3CC(N)(CC(C1)C3(CC(=O)O)CC(=O)O)C2. The summed E-state index contributed by atoms with van der Waals surface area (Å²) in [5.74, 6) is -1.80. The number of aliphatic carboxylic acids is 2. The zero-order chi connectivity index (χ0) is 14.8. The van der Waals surface area contributed by atoms with Crippen LogP contribution in [0.1, 0.15) is 44.9 Å². The van der Waals surface area contributed by atoms with Crippen LogP contribution >= 0.6 is 0 Å². The molecule has 0 amide bonds. The third-order valence-electron chi connectivity index (χ3n) is 5.90. The molecule has 112 valence electrons. The third-order valence-corrected chi connectivity index (χ3v) is 5.90. The van der Waals surface area contributed by atoms with Gasteiger partial charge in [-0.05, 0) is 49.4 Å². The zero-order valence-corrected chi connectivity index (χ0v) is 11.5. The fraction of sp³-hybridized carbons (Fsp3) is 0.857. The van der Waals surface area contributed by atoms with E-state index in [4.69, 9.17) is 11.5 Å². The van der Waals surface area contributed by atoms with Gasteiger partial charge in [-0.1, -0.05) is 0 Å². The van der Waals surface area contributed by atoms with Crippen LogP contribution in [0.15, 0.2) is 0 Å². The van der Waals surface area contributed by atoms with E-state index in [-0.39, 0.29) is 35.8 Å². The minimum Gasteiger partial charge on any atom is -0.481 e. The maximum Gasteiger partial charge on any atom is 0.303 e. The van der Waals surface area contributed by atoms with E-state index in [2.05, 4.69) is 0 Å². The molecule has 4 aliphatic carbocycles. The van der Waals surface area contributed by atoms with E-state index in [1.165, 1.54) is 0 Å². The summed E-state index contributed by atoms with van der Waals surface area (Å²) >= 11 is 0. The lowest BCUT2D eigenvalue weighted by molar-refractivity contribution is -0.170. The van der Waals surface area contributed by atoms with Crippen LogP contribution in [0.5, 0.6) is 0 Å². The number of carboxylic acid groups (broad SMARTS) is 2. The number of nitrogens with two attached hydrogens (primary N) is 2. The summed E-state index contributed by atoms with van der Waals surface area (Å²) in [7, 11) is 0. The molecule has 0 aromatic carbocycles. The van der Waals surface area contributed by atoms with Gasteiger partial charge >= 0.3 is 11.9 Å². The molecule has 4 rings (SSSR count). The smallest absolute Gasteiger partial charge is 0.303 e. The summed E-state index contributed by atoms with van der Waals surface area (Å²) in [4.78, 5) is 22.6. The molecule has 0 heterocycles. The van der Waals surface area contributed by atoms with Crippen molar-refractivity contribution in [1.82, 2.24) is 0 Å². The average molecular weight is 282 g/mol. The molecule has 4 bridgehead atoms. The van der Waals surface area contributed by atoms with Crippen LogP contribution in [-0.4, -0.2) is 33.2 Å². The Labute approximate surface area is 117 Å². The third kappa shape index (κ3) is 1.93. The van der Waals surface area contributed by atoms with Crippen LogP contribution in [0.3, 0.4) is 0 Å². The maximum absolute atomic E-state index is 11.3. The van der Waals surface area contributed by atoms with Gasteiger partial charge in [0.1, 0.15) is 0 Å². The molecule has 6 heteroatoms. The maximum atomic E-state index is 11.3. The van der Waals surface area contributed by atoms with Crippen molar-refractivity contribution in [2.24, 2.45) is 28.7 Å². The van der Waals surface area contributed by atoms with Gasteiger partial charge in [0.25, 0.3) is 0 Å². The topological polar surface area (TPSA) is 127 Å². The van der Waals surface area contributed by atoms with Crippen molar-refractivity contribution in [2.45, 2.75) is 56.0 Å². The summed E-state index contributed by atoms with van der Waals surface area (Å²) in [6, 6.07) is 0. The Kier molecular flexibility index (Phi) is 2.73. The highest BCUT2D eigenvalue weighted by Crippen LogP contribution is 2.65. The van der Waals surface area contributed by atoms with Gasteiger partial charge in [-0.2, -0.15) is 0 Å². The van der Waals surface area contributed by atoms with E-state index in [9.17, 15) is 19.8 Å². The molecule has 0 saturated heterocycles. The van der Waals surface area contributed by atoms with E-state index < -0.39 is 17.4 Å². The lowest BCUT2D eigenvalue weighted by Gasteiger charge is -2.67. The second-order valence-electron chi connectivity index (χ2n) is 7.49. The van der Waals surface area contributed by atoms with Gasteiger partial charge in [-0.3, -0.25) is 9.59 Å². The highest BCUT2D eigenvalue weighted by Gasteiger charge is 2.65. The van der Waals surface area contributed by atoms with Crippen LogP contribution in [0.4, 0.5) is 0 Å². The summed E-state index contributed by atoms with van der Waals surface area (Å²) in [5, 5.41) is 18.5. The van der Waals surface area contributed by atoms with E-state index in [1.54, 1.807) is 0 Å². The fourth-order valence-corrected chi connectivity index (χ4v) is 5.61. The molecule has 0 radical (unpaired) electrons. The van der Waals surface area contributed by atoms with Gasteiger partial charge in [0.15, 0.2) is 0 Å². The van der Waals surface area contributed by atoms with Crippen molar-refractivity contribution in [1.29, 1.82) is 0 Å². The molecular weight excluding hydrogens is 260 g/mol. The van der Waals surface area contributed by atoms with Crippen molar-refractivity contribution in [2.75, 3.05) is 0 Å². The van der Waals surface area contributed by atoms with E-state index >= 15 is 0 Å². The van der Waals surface area contributed by atoms with Crippen molar-refractivity contribution < 1.29 is 19.8 Å². The average Bonchev–Trinajstić information content (AvgIpc) is 2.20. The van der Waals surface area contributed by atoms with Gasteiger partial charge in [0, 0.05) is 11.1 Å². The van der Waals surface area contributed by atoms with Gasteiger partial charge in [0.2, 0.25) is 0 Å². The predicted octanol–water partition coefficient (Wildman–Crippen LogP) is 0.541. The molecule has 6 nitrogen and oxygen atoms in total. The largest absolute Gasteiger partial charge is 0.481 e. The number of carbonyl (C=O) groups is 2. The Morgan fingerprint density at radius 2 is 1.25 bits per heavy atom. The first-order valence-corrected chi connectivity index (χ1v) is 7.18. The van der Waals surface area contributed by atoms with Gasteiger partial charge in [-0.25, -0.2) is 0 Å². The number of rotatable bonds is 4. The van der Waals surface area contributed by atoms with Crippen molar-refractivity contribution in [3.63, 3.8) is 0 Å². The second kappa shape index (κ2) is 3.95. The number of carboxylic acids is 2. The van der Waals surface area contributed by atoms with Crippen LogP contribution in [0.2, 0.25) is 0 Å². The lowest BCUT2D eigenvalue weighted by Crippen LogP contribution is -2.71. The molecule has 0 aliphatic heterocycles. The standard InChI is InChI=1S/C14H22N2O4/c15-12-1-8-2-13(16,7-12)4-9(3-12)14(8,5-10(17)18)6-11(19)20/h8-9H,1-7,15-16H2,(H,17,18)(H,19,20). The van der Waals surface area contributed by atoms with E-state index in [1.807, 2.05) is 0 Å². The highest BCUT2D eigenvalue weighted by molar-refractivity contribution is 5.72. The van der Waals surface area contributed by atoms with Crippen LogP contribution in [0.25, 0.3) is 0 Å². The molecule has 0 atom stereocenters. The molecule has 0 spiro atoms. The second-order valence-corrected chi connectivity index (χ2v) is 7.49. The number of hydrogen-bond donors (Lipinski definition) is 4.